The Morgan fingerprint density at radius 2 is 2.37 bits per heavy atom. The summed E-state index contributed by atoms with van der Waals surface area (Å²) in [6.45, 7) is 2.05. The molecule has 3 heterocycles. The summed E-state index contributed by atoms with van der Waals surface area (Å²) in [5.74, 6) is 0.745. The van der Waals surface area contributed by atoms with Crippen molar-refractivity contribution in [3.05, 3.63) is 23.4 Å². The molecule has 0 radical (unpaired) electrons. The van der Waals surface area contributed by atoms with Crippen LogP contribution in [0.5, 0.6) is 0 Å². The van der Waals surface area contributed by atoms with E-state index in [9.17, 15) is 0 Å². The van der Waals surface area contributed by atoms with Crippen LogP contribution in [0.15, 0.2) is 18.3 Å². The van der Waals surface area contributed by atoms with E-state index in [1.54, 1.807) is 10.7 Å². The van der Waals surface area contributed by atoms with Crippen LogP contribution >= 0.6 is 11.6 Å². The number of pyridine rings is 1. The summed E-state index contributed by atoms with van der Waals surface area (Å²) in [7, 11) is 2.03. The van der Waals surface area contributed by atoms with E-state index in [1.807, 2.05) is 19.2 Å². The lowest BCUT2D eigenvalue weighted by Gasteiger charge is -2.27. The van der Waals surface area contributed by atoms with Crippen LogP contribution in [0.2, 0.25) is 5.02 Å². The SMILES string of the molecule is CN(CC1CCCCN1)c1nc2ccc(Cl)cn2n1. The van der Waals surface area contributed by atoms with Crippen molar-refractivity contribution in [2.75, 3.05) is 25.0 Å². The van der Waals surface area contributed by atoms with Gasteiger partial charge in [-0.2, -0.15) is 4.98 Å². The first-order valence-corrected chi connectivity index (χ1v) is 7.06. The summed E-state index contributed by atoms with van der Waals surface area (Å²) in [5.41, 5.74) is 0.822. The maximum absolute atomic E-state index is 5.95. The number of aromatic nitrogens is 3. The van der Waals surface area contributed by atoms with Crippen LogP contribution in [0.25, 0.3) is 5.65 Å². The number of piperidine rings is 1. The molecule has 0 aromatic carbocycles. The predicted octanol–water partition coefficient (Wildman–Crippen LogP) is 1.96. The van der Waals surface area contributed by atoms with Gasteiger partial charge in [0, 0.05) is 25.8 Å². The second-order valence-electron chi connectivity index (χ2n) is 5.09. The van der Waals surface area contributed by atoms with Crippen molar-refractivity contribution in [1.82, 2.24) is 19.9 Å². The minimum Gasteiger partial charge on any atom is -0.341 e. The number of hydrogen-bond acceptors (Lipinski definition) is 4. The maximum Gasteiger partial charge on any atom is 0.245 e. The Kier molecular flexibility index (Phi) is 3.57. The van der Waals surface area contributed by atoms with Gasteiger partial charge < -0.3 is 10.2 Å². The van der Waals surface area contributed by atoms with Gasteiger partial charge in [0.25, 0.3) is 0 Å². The minimum atomic E-state index is 0.536. The molecule has 1 unspecified atom stereocenters. The van der Waals surface area contributed by atoms with Gasteiger partial charge in [0.2, 0.25) is 5.95 Å². The standard InChI is InChI=1S/C13H18ClN5/c1-18(9-11-4-2-3-7-15-11)13-16-12-6-5-10(14)8-19(12)17-13/h5-6,8,11,15H,2-4,7,9H2,1H3. The van der Waals surface area contributed by atoms with E-state index in [1.165, 1.54) is 19.3 Å². The Morgan fingerprint density at radius 3 is 3.16 bits per heavy atom. The minimum absolute atomic E-state index is 0.536. The molecular formula is C13H18ClN5. The van der Waals surface area contributed by atoms with Gasteiger partial charge in [0.15, 0.2) is 5.65 Å². The van der Waals surface area contributed by atoms with Crippen LogP contribution in [0, 0.1) is 0 Å². The van der Waals surface area contributed by atoms with Crippen molar-refractivity contribution in [1.29, 1.82) is 0 Å². The molecule has 1 atom stereocenters. The lowest BCUT2D eigenvalue weighted by molar-refractivity contribution is 0.402. The largest absolute Gasteiger partial charge is 0.341 e. The Hall–Kier alpha value is -1.33. The van der Waals surface area contributed by atoms with E-state index in [2.05, 4.69) is 20.3 Å². The molecule has 0 spiro atoms. The van der Waals surface area contributed by atoms with Gasteiger partial charge in [-0.15, -0.1) is 5.10 Å². The number of rotatable bonds is 3. The predicted molar refractivity (Wildman–Crippen MR) is 76.9 cm³/mol. The fraction of sp³-hybridized carbons (Fsp3) is 0.538. The van der Waals surface area contributed by atoms with Crippen molar-refractivity contribution in [3.63, 3.8) is 0 Å². The van der Waals surface area contributed by atoms with Crippen molar-refractivity contribution in [2.45, 2.75) is 25.3 Å². The average Bonchev–Trinajstić information content (AvgIpc) is 2.83. The molecule has 1 aliphatic heterocycles. The van der Waals surface area contributed by atoms with Gasteiger partial charge >= 0.3 is 0 Å². The molecule has 0 bridgehead atoms. The highest BCUT2D eigenvalue weighted by Gasteiger charge is 2.17. The van der Waals surface area contributed by atoms with Crippen LogP contribution in [0.4, 0.5) is 5.95 Å². The van der Waals surface area contributed by atoms with E-state index >= 15 is 0 Å². The highest BCUT2D eigenvalue weighted by atomic mass is 35.5. The van der Waals surface area contributed by atoms with Crippen LogP contribution < -0.4 is 10.2 Å². The zero-order valence-corrected chi connectivity index (χ0v) is 11.8. The van der Waals surface area contributed by atoms with Gasteiger partial charge in [-0.3, -0.25) is 0 Å². The van der Waals surface area contributed by atoms with Gasteiger partial charge in [0.1, 0.15) is 0 Å². The first-order chi connectivity index (χ1) is 9.22. The number of fused-ring (bicyclic) bond motifs is 1. The first-order valence-electron chi connectivity index (χ1n) is 6.69. The van der Waals surface area contributed by atoms with Crippen molar-refractivity contribution in [3.8, 4) is 0 Å². The number of likely N-dealkylation sites (N-methyl/N-ethyl adjacent to an activating group) is 1. The van der Waals surface area contributed by atoms with Crippen LogP contribution in [0.3, 0.4) is 0 Å². The third-order valence-electron chi connectivity index (χ3n) is 3.53. The summed E-state index contributed by atoms with van der Waals surface area (Å²) < 4.78 is 1.72. The highest BCUT2D eigenvalue weighted by Crippen LogP contribution is 2.15. The number of halogens is 1. The van der Waals surface area contributed by atoms with Crippen LogP contribution in [-0.4, -0.2) is 40.8 Å². The van der Waals surface area contributed by atoms with E-state index in [0.29, 0.717) is 11.1 Å². The van der Waals surface area contributed by atoms with Crippen molar-refractivity contribution in [2.24, 2.45) is 0 Å². The quantitative estimate of drug-likeness (QED) is 0.933. The molecule has 1 fully saturated rings. The number of anilines is 1. The molecule has 1 aliphatic rings. The topological polar surface area (TPSA) is 45.5 Å². The zero-order chi connectivity index (χ0) is 13.2. The second-order valence-corrected chi connectivity index (χ2v) is 5.53. The fourth-order valence-corrected chi connectivity index (χ4v) is 2.66. The lowest BCUT2D eigenvalue weighted by atomic mass is 10.1. The molecule has 0 saturated carbocycles. The Labute approximate surface area is 117 Å². The average molecular weight is 280 g/mol. The van der Waals surface area contributed by atoms with Gasteiger partial charge in [-0.05, 0) is 31.5 Å². The smallest absolute Gasteiger partial charge is 0.245 e. The molecule has 102 valence electrons. The van der Waals surface area contributed by atoms with E-state index in [0.717, 1.165) is 24.7 Å². The Balaban J connectivity index is 1.75. The lowest BCUT2D eigenvalue weighted by Crippen LogP contribution is -2.42. The zero-order valence-electron chi connectivity index (χ0n) is 11.0. The van der Waals surface area contributed by atoms with Crippen LogP contribution in [-0.2, 0) is 0 Å². The Bertz CT molecular complexity index is 561. The first kappa shape index (κ1) is 12.7. The second kappa shape index (κ2) is 5.35. The molecule has 2 aromatic heterocycles. The molecule has 0 aliphatic carbocycles. The summed E-state index contributed by atoms with van der Waals surface area (Å²) in [4.78, 5) is 6.61. The molecule has 0 amide bonds. The van der Waals surface area contributed by atoms with Crippen LogP contribution in [0.1, 0.15) is 19.3 Å². The molecule has 6 heteroatoms. The monoisotopic (exact) mass is 279 g/mol. The summed E-state index contributed by atoms with van der Waals surface area (Å²) >= 11 is 5.95. The van der Waals surface area contributed by atoms with Gasteiger partial charge in [-0.25, -0.2) is 4.52 Å². The van der Waals surface area contributed by atoms with E-state index in [-0.39, 0.29) is 0 Å². The Morgan fingerprint density at radius 1 is 1.47 bits per heavy atom. The normalized spacial score (nSPS) is 19.8. The van der Waals surface area contributed by atoms with E-state index in [4.69, 9.17) is 11.6 Å². The molecule has 3 rings (SSSR count). The maximum atomic E-state index is 5.95. The molecule has 19 heavy (non-hydrogen) atoms. The van der Waals surface area contributed by atoms with Gasteiger partial charge in [-0.1, -0.05) is 18.0 Å². The summed E-state index contributed by atoms with van der Waals surface area (Å²) in [5, 5.41) is 8.66. The van der Waals surface area contributed by atoms with Crippen molar-refractivity contribution < 1.29 is 0 Å². The molecule has 1 N–H and O–H groups in total. The molecule has 1 saturated heterocycles. The van der Waals surface area contributed by atoms with E-state index < -0.39 is 0 Å². The van der Waals surface area contributed by atoms with Crippen molar-refractivity contribution >= 4 is 23.2 Å². The molecule has 2 aromatic rings. The summed E-state index contributed by atoms with van der Waals surface area (Å²) in [6.07, 6.45) is 5.59. The molecular weight excluding hydrogens is 262 g/mol. The number of hydrogen-bond donors (Lipinski definition) is 1. The highest BCUT2D eigenvalue weighted by molar-refractivity contribution is 6.30. The van der Waals surface area contributed by atoms with Gasteiger partial charge in [0.05, 0.1) is 5.02 Å². The number of nitrogens with one attached hydrogen (secondary N) is 1. The summed E-state index contributed by atoms with van der Waals surface area (Å²) in [6, 6.07) is 4.25. The fourth-order valence-electron chi connectivity index (χ4n) is 2.50. The molecule has 5 nitrogen and oxygen atoms in total. The number of nitrogens with zero attached hydrogens (tertiary/aromatic N) is 4. The third kappa shape index (κ3) is 2.82. The third-order valence-corrected chi connectivity index (χ3v) is 3.76.